The van der Waals surface area contributed by atoms with Crippen LogP contribution in [0.5, 0.6) is 0 Å². The molecular formula is C13H21N3O4S. The molecule has 0 bridgehead atoms. The first-order valence-electron chi connectivity index (χ1n) is 6.40. The van der Waals surface area contributed by atoms with Crippen molar-refractivity contribution in [1.82, 2.24) is 10.0 Å². The van der Waals surface area contributed by atoms with Crippen LogP contribution in [0.1, 0.15) is 11.1 Å². The number of rotatable bonds is 7. The number of amides is 1. The van der Waals surface area contributed by atoms with Crippen LogP contribution in [0.15, 0.2) is 17.0 Å². The number of carbonyl (C=O) groups excluding carboxylic acids is 1. The molecular weight excluding hydrogens is 294 g/mol. The highest BCUT2D eigenvalue weighted by Gasteiger charge is 2.19. The van der Waals surface area contributed by atoms with E-state index in [1.807, 2.05) is 6.92 Å². The minimum Gasteiger partial charge on any atom is -0.398 e. The van der Waals surface area contributed by atoms with Gasteiger partial charge >= 0.3 is 0 Å². The zero-order chi connectivity index (χ0) is 16.0. The van der Waals surface area contributed by atoms with Crippen molar-refractivity contribution in [1.29, 1.82) is 0 Å². The van der Waals surface area contributed by atoms with Crippen LogP contribution in [-0.2, 0) is 19.6 Å². The summed E-state index contributed by atoms with van der Waals surface area (Å²) in [5, 5.41) is 2.52. The predicted molar refractivity (Wildman–Crippen MR) is 80.4 cm³/mol. The number of ether oxygens (including phenoxy) is 1. The van der Waals surface area contributed by atoms with Crippen molar-refractivity contribution in [2.75, 3.05) is 32.5 Å². The summed E-state index contributed by atoms with van der Waals surface area (Å²) in [6.07, 6.45) is 0. The Labute approximate surface area is 124 Å². The van der Waals surface area contributed by atoms with E-state index in [0.717, 1.165) is 11.1 Å². The Kier molecular flexibility index (Phi) is 6.13. The molecule has 0 radical (unpaired) electrons. The predicted octanol–water partition coefficient (Wildman–Crippen LogP) is -0.0735. The second-order valence-electron chi connectivity index (χ2n) is 4.64. The van der Waals surface area contributed by atoms with Gasteiger partial charge in [0.2, 0.25) is 15.9 Å². The average molecular weight is 315 g/mol. The first kappa shape index (κ1) is 17.4. The smallest absolute Gasteiger partial charge is 0.243 e. The number of methoxy groups -OCH3 is 1. The van der Waals surface area contributed by atoms with Crippen molar-refractivity contribution < 1.29 is 17.9 Å². The topological polar surface area (TPSA) is 111 Å². The molecule has 0 unspecified atom stereocenters. The van der Waals surface area contributed by atoms with E-state index in [9.17, 15) is 13.2 Å². The molecule has 1 aromatic rings. The van der Waals surface area contributed by atoms with Crippen LogP contribution in [0.25, 0.3) is 0 Å². The minimum atomic E-state index is -3.82. The first-order valence-corrected chi connectivity index (χ1v) is 7.88. The van der Waals surface area contributed by atoms with Crippen LogP contribution < -0.4 is 15.8 Å². The summed E-state index contributed by atoms with van der Waals surface area (Å²) >= 11 is 0. The number of hydrogen-bond acceptors (Lipinski definition) is 5. The summed E-state index contributed by atoms with van der Waals surface area (Å²) in [5.74, 6) is -0.432. The molecule has 0 saturated carbocycles. The number of aryl methyl sites for hydroxylation is 2. The van der Waals surface area contributed by atoms with Crippen LogP contribution in [-0.4, -0.2) is 41.1 Å². The molecule has 0 saturated heterocycles. The Morgan fingerprint density at radius 3 is 2.52 bits per heavy atom. The second-order valence-corrected chi connectivity index (χ2v) is 6.38. The van der Waals surface area contributed by atoms with E-state index in [1.54, 1.807) is 13.0 Å². The maximum Gasteiger partial charge on any atom is 0.243 e. The molecule has 0 atom stereocenters. The summed E-state index contributed by atoms with van der Waals surface area (Å²) in [6.45, 7) is 3.98. The van der Waals surface area contributed by atoms with Gasteiger partial charge in [0, 0.05) is 13.7 Å². The lowest BCUT2D eigenvalue weighted by molar-refractivity contribution is -0.120. The van der Waals surface area contributed by atoms with Crippen molar-refractivity contribution in [3.63, 3.8) is 0 Å². The van der Waals surface area contributed by atoms with E-state index in [1.165, 1.54) is 13.2 Å². The molecule has 0 aliphatic rings. The van der Waals surface area contributed by atoms with E-state index >= 15 is 0 Å². The number of benzene rings is 1. The Balaban J connectivity index is 2.74. The molecule has 1 amide bonds. The fourth-order valence-corrected chi connectivity index (χ4v) is 2.82. The van der Waals surface area contributed by atoms with Gasteiger partial charge < -0.3 is 15.8 Å². The fourth-order valence-electron chi connectivity index (χ4n) is 1.64. The lowest BCUT2D eigenvalue weighted by atomic mass is 10.1. The van der Waals surface area contributed by atoms with Gasteiger partial charge in [0.25, 0.3) is 0 Å². The minimum absolute atomic E-state index is 0.0182. The molecule has 0 spiro atoms. The lowest BCUT2D eigenvalue weighted by Crippen LogP contribution is -2.38. The molecule has 1 rings (SSSR count). The van der Waals surface area contributed by atoms with Gasteiger partial charge in [0.15, 0.2) is 0 Å². The molecule has 0 aliphatic carbocycles. The van der Waals surface area contributed by atoms with E-state index < -0.39 is 15.9 Å². The Morgan fingerprint density at radius 2 is 1.90 bits per heavy atom. The van der Waals surface area contributed by atoms with Gasteiger partial charge in [-0.05, 0) is 37.1 Å². The average Bonchev–Trinajstić information content (AvgIpc) is 2.41. The fraction of sp³-hybridized carbons (Fsp3) is 0.462. The Bertz CT molecular complexity index is 614. The third-order valence-corrected chi connectivity index (χ3v) is 4.42. The standard InChI is InChI=1S/C13H21N3O4S/c1-9-6-11(14)12(7-10(9)2)21(18,19)16-8-13(17)15-4-5-20-3/h6-7,16H,4-5,8,14H2,1-3H3,(H,15,17). The van der Waals surface area contributed by atoms with E-state index in [2.05, 4.69) is 10.0 Å². The molecule has 118 valence electrons. The highest BCUT2D eigenvalue weighted by Crippen LogP contribution is 2.22. The summed E-state index contributed by atoms with van der Waals surface area (Å²) in [7, 11) is -2.31. The molecule has 0 heterocycles. The van der Waals surface area contributed by atoms with Gasteiger partial charge in [-0.25, -0.2) is 13.1 Å². The van der Waals surface area contributed by atoms with Crippen molar-refractivity contribution >= 4 is 21.6 Å². The van der Waals surface area contributed by atoms with Crippen LogP contribution in [0.3, 0.4) is 0 Å². The lowest BCUT2D eigenvalue weighted by Gasteiger charge is -2.11. The number of carbonyl (C=O) groups is 1. The van der Waals surface area contributed by atoms with E-state index in [0.29, 0.717) is 13.2 Å². The Morgan fingerprint density at radius 1 is 1.29 bits per heavy atom. The highest BCUT2D eigenvalue weighted by molar-refractivity contribution is 7.89. The highest BCUT2D eigenvalue weighted by atomic mass is 32.2. The number of sulfonamides is 1. The Hall–Kier alpha value is -1.64. The third kappa shape index (κ3) is 5.00. The van der Waals surface area contributed by atoms with Crippen LogP contribution in [0, 0.1) is 13.8 Å². The summed E-state index contributed by atoms with van der Waals surface area (Å²) in [6, 6.07) is 3.10. The molecule has 21 heavy (non-hydrogen) atoms. The maximum atomic E-state index is 12.2. The van der Waals surface area contributed by atoms with Crippen LogP contribution in [0.4, 0.5) is 5.69 Å². The monoisotopic (exact) mass is 315 g/mol. The van der Waals surface area contributed by atoms with Gasteiger partial charge in [-0.3, -0.25) is 4.79 Å². The van der Waals surface area contributed by atoms with Gasteiger partial charge in [0.1, 0.15) is 4.90 Å². The molecule has 0 aromatic heterocycles. The van der Waals surface area contributed by atoms with Crippen molar-refractivity contribution in [2.45, 2.75) is 18.7 Å². The quantitative estimate of drug-likeness (QED) is 0.482. The molecule has 8 heteroatoms. The van der Waals surface area contributed by atoms with Crippen molar-refractivity contribution in [3.8, 4) is 0 Å². The normalized spacial score (nSPS) is 11.4. The second kappa shape index (κ2) is 7.39. The SMILES string of the molecule is COCCNC(=O)CNS(=O)(=O)c1cc(C)c(C)cc1N. The van der Waals surface area contributed by atoms with Crippen LogP contribution >= 0.6 is 0 Å². The van der Waals surface area contributed by atoms with Crippen LogP contribution in [0.2, 0.25) is 0 Å². The van der Waals surface area contributed by atoms with Crippen molar-refractivity contribution in [3.05, 3.63) is 23.3 Å². The summed E-state index contributed by atoms with van der Waals surface area (Å²) in [4.78, 5) is 11.5. The maximum absolute atomic E-state index is 12.2. The number of hydrogen-bond donors (Lipinski definition) is 3. The molecule has 7 nitrogen and oxygen atoms in total. The summed E-state index contributed by atoms with van der Waals surface area (Å²) in [5.41, 5.74) is 7.62. The van der Waals surface area contributed by atoms with Gasteiger partial charge in [-0.15, -0.1) is 0 Å². The molecule has 1 aromatic carbocycles. The largest absolute Gasteiger partial charge is 0.398 e. The number of nitrogens with two attached hydrogens (primary N) is 1. The number of nitrogen functional groups attached to an aromatic ring is 1. The molecule has 4 N–H and O–H groups in total. The number of anilines is 1. The summed E-state index contributed by atoms with van der Waals surface area (Å²) < 4.78 is 31.3. The number of nitrogens with one attached hydrogen (secondary N) is 2. The zero-order valence-corrected chi connectivity index (χ0v) is 13.2. The van der Waals surface area contributed by atoms with Gasteiger partial charge in [-0.2, -0.15) is 0 Å². The zero-order valence-electron chi connectivity index (χ0n) is 12.4. The molecule has 0 aliphatic heterocycles. The van der Waals surface area contributed by atoms with Gasteiger partial charge in [-0.1, -0.05) is 0 Å². The third-order valence-electron chi connectivity index (χ3n) is 2.97. The van der Waals surface area contributed by atoms with E-state index in [-0.39, 0.29) is 17.1 Å². The van der Waals surface area contributed by atoms with Crippen molar-refractivity contribution in [2.24, 2.45) is 0 Å². The first-order chi connectivity index (χ1) is 9.77. The van der Waals surface area contributed by atoms with E-state index in [4.69, 9.17) is 10.5 Å². The van der Waals surface area contributed by atoms with Gasteiger partial charge in [0.05, 0.1) is 18.8 Å². The molecule has 0 fully saturated rings.